The highest BCUT2D eigenvalue weighted by Gasteiger charge is 2.18. The highest BCUT2D eigenvalue weighted by molar-refractivity contribution is 5.95. The van der Waals surface area contributed by atoms with Gasteiger partial charge in [0.05, 0.1) is 0 Å². The molecule has 0 aliphatic rings. The number of urea groups is 1. The first-order valence-corrected chi connectivity index (χ1v) is 8.67. The van der Waals surface area contributed by atoms with Crippen molar-refractivity contribution in [1.29, 1.82) is 0 Å². The molecule has 0 fully saturated rings. The second-order valence-corrected chi connectivity index (χ2v) is 6.10. The zero-order valence-corrected chi connectivity index (χ0v) is 15.0. The fourth-order valence-corrected chi connectivity index (χ4v) is 2.65. The van der Waals surface area contributed by atoms with Crippen LogP contribution in [-0.4, -0.2) is 11.9 Å². The molecule has 0 saturated heterocycles. The molecule has 0 aliphatic heterocycles. The Hall–Kier alpha value is -3.60. The highest BCUT2D eigenvalue weighted by Crippen LogP contribution is 2.15. The molecule has 0 heterocycles. The number of anilines is 1. The standard InChI is InChI=1S/C22H21N3O2/c1-16-10-8-9-15-19(16)23-22(27)25-20(17-11-4-2-5-12-17)24-21(26)18-13-6-3-7-14-18/h2-15,20H,1H3,(H,24,26)(H2,23,25,27). The Kier molecular flexibility index (Phi) is 5.84. The lowest BCUT2D eigenvalue weighted by Gasteiger charge is -2.21. The Labute approximate surface area is 158 Å². The van der Waals surface area contributed by atoms with Gasteiger partial charge in [-0.25, -0.2) is 4.79 Å². The maximum absolute atomic E-state index is 12.5. The summed E-state index contributed by atoms with van der Waals surface area (Å²) < 4.78 is 0. The number of carbonyl (C=O) groups is 2. The molecule has 3 rings (SSSR count). The topological polar surface area (TPSA) is 70.2 Å². The second-order valence-electron chi connectivity index (χ2n) is 6.10. The van der Waals surface area contributed by atoms with Crippen LogP contribution in [0.5, 0.6) is 0 Å². The predicted octanol–water partition coefficient (Wildman–Crippen LogP) is 4.25. The molecule has 0 bridgehead atoms. The van der Waals surface area contributed by atoms with Crippen LogP contribution in [0.4, 0.5) is 10.5 Å². The van der Waals surface area contributed by atoms with Crippen LogP contribution in [0.25, 0.3) is 0 Å². The third kappa shape index (κ3) is 4.95. The normalized spacial score (nSPS) is 11.3. The van der Waals surface area contributed by atoms with Crippen LogP contribution < -0.4 is 16.0 Å². The van der Waals surface area contributed by atoms with E-state index in [0.717, 1.165) is 16.8 Å². The van der Waals surface area contributed by atoms with Gasteiger partial charge in [0.1, 0.15) is 6.17 Å². The van der Waals surface area contributed by atoms with Crippen LogP contribution in [-0.2, 0) is 0 Å². The molecule has 27 heavy (non-hydrogen) atoms. The smallest absolute Gasteiger partial charge is 0.321 e. The third-order valence-electron chi connectivity index (χ3n) is 4.11. The van der Waals surface area contributed by atoms with Crippen LogP contribution in [0.3, 0.4) is 0 Å². The van der Waals surface area contributed by atoms with E-state index in [1.807, 2.05) is 67.6 Å². The quantitative estimate of drug-likeness (QED) is 0.596. The number of hydrogen-bond donors (Lipinski definition) is 3. The van der Waals surface area contributed by atoms with Crippen molar-refractivity contribution in [2.24, 2.45) is 0 Å². The Balaban J connectivity index is 1.75. The van der Waals surface area contributed by atoms with Gasteiger partial charge in [0.15, 0.2) is 0 Å². The van der Waals surface area contributed by atoms with E-state index < -0.39 is 12.2 Å². The summed E-state index contributed by atoms with van der Waals surface area (Å²) in [5.74, 6) is -0.263. The molecule has 3 N–H and O–H groups in total. The van der Waals surface area contributed by atoms with Crippen molar-refractivity contribution in [2.45, 2.75) is 13.1 Å². The molecule has 0 aliphatic carbocycles. The van der Waals surface area contributed by atoms with Gasteiger partial charge in [-0.15, -0.1) is 0 Å². The summed E-state index contributed by atoms with van der Waals surface area (Å²) in [5, 5.41) is 8.52. The first-order chi connectivity index (χ1) is 13.1. The van der Waals surface area contributed by atoms with Crippen LogP contribution in [0.2, 0.25) is 0 Å². The van der Waals surface area contributed by atoms with E-state index in [2.05, 4.69) is 16.0 Å². The number of carbonyl (C=O) groups excluding carboxylic acids is 2. The Morgan fingerprint density at radius 3 is 2.00 bits per heavy atom. The van der Waals surface area contributed by atoms with Gasteiger partial charge in [-0.2, -0.15) is 0 Å². The highest BCUT2D eigenvalue weighted by atomic mass is 16.2. The van der Waals surface area contributed by atoms with Crippen LogP contribution >= 0.6 is 0 Å². The van der Waals surface area contributed by atoms with Crippen molar-refractivity contribution in [3.05, 3.63) is 102 Å². The molecule has 5 heteroatoms. The maximum atomic E-state index is 12.5. The number of hydrogen-bond acceptors (Lipinski definition) is 2. The number of nitrogens with one attached hydrogen (secondary N) is 3. The van der Waals surface area contributed by atoms with Gasteiger partial charge in [0.25, 0.3) is 5.91 Å². The molecule has 3 aromatic carbocycles. The van der Waals surface area contributed by atoms with Gasteiger partial charge in [-0.05, 0) is 36.2 Å². The summed E-state index contributed by atoms with van der Waals surface area (Å²) in [7, 11) is 0. The molecule has 5 nitrogen and oxygen atoms in total. The molecule has 0 radical (unpaired) electrons. The summed E-state index contributed by atoms with van der Waals surface area (Å²) in [5.41, 5.74) is 2.98. The fraction of sp³-hybridized carbons (Fsp3) is 0.0909. The molecule has 0 aromatic heterocycles. The van der Waals surface area contributed by atoms with Crippen LogP contribution in [0, 0.1) is 6.92 Å². The first kappa shape index (κ1) is 18.2. The minimum Gasteiger partial charge on any atom is -0.328 e. The van der Waals surface area contributed by atoms with Crippen molar-refractivity contribution in [1.82, 2.24) is 10.6 Å². The monoisotopic (exact) mass is 359 g/mol. The molecular formula is C22H21N3O2. The number of para-hydroxylation sites is 1. The summed E-state index contributed by atoms with van der Waals surface area (Å²) in [6.07, 6.45) is -0.664. The van der Waals surface area contributed by atoms with E-state index in [1.54, 1.807) is 24.3 Å². The maximum Gasteiger partial charge on any atom is 0.321 e. The molecule has 3 amide bonds. The van der Waals surface area contributed by atoms with E-state index >= 15 is 0 Å². The Morgan fingerprint density at radius 1 is 0.741 bits per heavy atom. The van der Waals surface area contributed by atoms with E-state index in [1.165, 1.54) is 0 Å². The van der Waals surface area contributed by atoms with Gasteiger partial charge in [-0.3, -0.25) is 4.79 Å². The summed E-state index contributed by atoms with van der Waals surface area (Å²) >= 11 is 0. The zero-order valence-electron chi connectivity index (χ0n) is 15.0. The third-order valence-corrected chi connectivity index (χ3v) is 4.11. The SMILES string of the molecule is Cc1ccccc1NC(=O)NC(NC(=O)c1ccccc1)c1ccccc1. The molecule has 136 valence electrons. The molecule has 1 unspecified atom stereocenters. The van der Waals surface area contributed by atoms with Gasteiger partial charge < -0.3 is 16.0 Å². The summed E-state index contributed by atoms with van der Waals surface area (Å²) in [6, 6.07) is 25.3. The van der Waals surface area contributed by atoms with Gasteiger partial charge in [0, 0.05) is 11.3 Å². The first-order valence-electron chi connectivity index (χ1n) is 8.67. The largest absolute Gasteiger partial charge is 0.328 e. The average molecular weight is 359 g/mol. The van der Waals surface area contributed by atoms with Gasteiger partial charge in [-0.1, -0.05) is 66.7 Å². The zero-order chi connectivity index (χ0) is 19.1. The van der Waals surface area contributed by atoms with Gasteiger partial charge >= 0.3 is 6.03 Å². The molecule has 1 atom stereocenters. The number of aryl methyl sites for hydroxylation is 1. The van der Waals surface area contributed by atoms with Crippen molar-refractivity contribution in [2.75, 3.05) is 5.32 Å². The van der Waals surface area contributed by atoms with E-state index in [0.29, 0.717) is 5.56 Å². The number of benzene rings is 3. The van der Waals surface area contributed by atoms with Crippen molar-refractivity contribution in [3.8, 4) is 0 Å². The minimum absolute atomic E-state index is 0.263. The fourth-order valence-electron chi connectivity index (χ4n) is 2.65. The lowest BCUT2D eigenvalue weighted by Crippen LogP contribution is -2.42. The minimum atomic E-state index is -0.664. The van der Waals surface area contributed by atoms with E-state index in [-0.39, 0.29) is 5.91 Å². The molecular weight excluding hydrogens is 338 g/mol. The molecule has 0 saturated carbocycles. The van der Waals surface area contributed by atoms with Crippen molar-refractivity contribution < 1.29 is 9.59 Å². The van der Waals surface area contributed by atoms with E-state index in [9.17, 15) is 9.59 Å². The van der Waals surface area contributed by atoms with Crippen molar-refractivity contribution in [3.63, 3.8) is 0 Å². The van der Waals surface area contributed by atoms with Crippen molar-refractivity contribution >= 4 is 17.6 Å². The number of rotatable bonds is 5. The summed E-state index contributed by atoms with van der Waals surface area (Å²) in [6.45, 7) is 1.92. The van der Waals surface area contributed by atoms with Crippen LogP contribution in [0.15, 0.2) is 84.9 Å². The Morgan fingerprint density at radius 2 is 1.33 bits per heavy atom. The molecule has 3 aromatic rings. The predicted molar refractivity (Wildman–Crippen MR) is 106 cm³/mol. The Bertz CT molecular complexity index is 911. The lowest BCUT2D eigenvalue weighted by molar-refractivity contribution is 0.0932. The molecule has 0 spiro atoms. The average Bonchev–Trinajstić information content (AvgIpc) is 2.70. The second kappa shape index (κ2) is 8.67. The lowest BCUT2D eigenvalue weighted by atomic mass is 10.1. The number of amides is 3. The van der Waals surface area contributed by atoms with E-state index in [4.69, 9.17) is 0 Å². The van der Waals surface area contributed by atoms with Gasteiger partial charge in [0.2, 0.25) is 0 Å². The van der Waals surface area contributed by atoms with Crippen LogP contribution in [0.1, 0.15) is 27.7 Å². The summed E-state index contributed by atoms with van der Waals surface area (Å²) in [4.78, 5) is 25.0.